The zero-order valence-electron chi connectivity index (χ0n) is 9.45. The molecule has 3 fully saturated rings. The molecule has 3 aliphatic rings. The molecular weight excluding hydrogens is 188 g/mol. The molecule has 2 saturated heterocycles. The van der Waals surface area contributed by atoms with E-state index < -0.39 is 0 Å². The van der Waals surface area contributed by atoms with Crippen LogP contribution in [0.15, 0.2) is 0 Å². The van der Waals surface area contributed by atoms with Gasteiger partial charge in [-0.2, -0.15) is 0 Å². The molecule has 1 saturated carbocycles. The maximum atomic E-state index is 6.31. The zero-order valence-corrected chi connectivity index (χ0v) is 9.45. The summed E-state index contributed by atoms with van der Waals surface area (Å²) in [5.74, 6) is 0.844. The third-order valence-electron chi connectivity index (χ3n) is 4.22. The van der Waals surface area contributed by atoms with Gasteiger partial charge < -0.3 is 10.5 Å². The van der Waals surface area contributed by atoms with Crippen LogP contribution in [0.4, 0.5) is 0 Å². The van der Waals surface area contributed by atoms with Gasteiger partial charge in [0.15, 0.2) is 0 Å². The van der Waals surface area contributed by atoms with Crippen molar-refractivity contribution >= 4 is 0 Å². The highest BCUT2D eigenvalue weighted by Crippen LogP contribution is 2.42. The minimum Gasteiger partial charge on any atom is -0.378 e. The fourth-order valence-corrected chi connectivity index (χ4v) is 3.06. The van der Waals surface area contributed by atoms with Crippen molar-refractivity contribution in [2.75, 3.05) is 26.2 Å². The summed E-state index contributed by atoms with van der Waals surface area (Å²) in [5.41, 5.74) is 6.50. The van der Waals surface area contributed by atoms with Gasteiger partial charge in [-0.15, -0.1) is 0 Å². The zero-order chi connectivity index (χ0) is 10.3. The molecule has 86 valence electrons. The van der Waals surface area contributed by atoms with Gasteiger partial charge >= 0.3 is 0 Å². The lowest BCUT2D eigenvalue weighted by Gasteiger charge is -2.48. The summed E-state index contributed by atoms with van der Waals surface area (Å²) in [7, 11) is 0. The molecule has 3 nitrogen and oxygen atoms in total. The van der Waals surface area contributed by atoms with Crippen molar-refractivity contribution in [1.29, 1.82) is 0 Å². The highest BCUT2D eigenvalue weighted by molar-refractivity contribution is 5.08. The molecule has 1 atom stereocenters. The van der Waals surface area contributed by atoms with Crippen molar-refractivity contribution in [3.8, 4) is 0 Å². The van der Waals surface area contributed by atoms with E-state index in [0.29, 0.717) is 6.10 Å². The Bertz CT molecular complexity index is 228. The van der Waals surface area contributed by atoms with Gasteiger partial charge in [0.1, 0.15) is 0 Å². The molecule has 2 heterocycles. The quantitative estimate of drug-likeness (QED) is 0.751. The second-order valence-electron chi connectivity index (χ2n) is 5.64. The molecule has 0 aromatic heterocycles. The molecular formula is C12H22N2O. The van der Waals surface area contributed by atoms with E-state index in [1.54, 1.807) is 0 Å². The summed E-state index contributed by atoms with van der Waals surface area (Å²) in [6.07, 6.45) is 7.02. The van der Waals surface area contributed by atoms with Gasteiger partial charge in [-0.05, 0) is 38.0 Å². The molecule has 0 bridgehead atoms. The highest BCUT2D eigenvalue weighted by atomic mass is 16.5. The van der Waals surface area contributed by atoms with Crippen molar-refractivity contribution in [3.63, 3.8) is 0 Å². The number of nitrogens with zero attached hydrogens (tertiary/aromatic N) is 1. The van der Waals surface area contributed by atoms with Gasteiger partial charge in [0, 0.05) is 31.8 Å². The van der Waals surface area contributed by atoms with Crippen LogP contribution in [0.1, 0.15) is 32.1 Å². The molecule has 1 unspecified atom stereocenters. The fraction of sp³-hybridized carbons (Fsp3) is 1.00. The second kappa shape index (κ2) is 3.72. The summed E-state index contributed by atoms with van der Waals surface area (Å²) in [6.45, 7) is 4.43. The minimum absolute atomic E-state index is 0.191. The normalized spacial score (nSPS) is 35.4. The Kier molecular flexibility index (Phi) is 2.49. The minimum atomic E-state index is 0.191. The van der Waals surface area contributed by atoms with Crippen LogP contribution >= 0.6 is 0 Å². The maximum Gasteiger partial charge on any atom is 0.0588 e. The van der Waals surface area contributed by atoms with E-state index in [4.69, 9.17) is 10.5 Å². The van der Waals surface area contributed by atoms with Crippen molar-refractivity contribution in [2.24, 2.45) is 11.7 Å². The fourth-order valence-electron chi connectivity index (χ4n) is 3.06. The van der Waals surface area contributed by atoms with Crippen LogP contribution in [-0.4, -0.2) is 42.8 Å². The Morgan fingerprint density at radius 1 is 1.27 bits per heavy atom. The number of hydrogen-bond donors (Lipinski definition) is 1. The first-order chi connectivity index (χ1) is 7.26. The van der Waals surface area contributed by atoms with Gasteiger partial charge in [0.25, 0.3) is 0 Å². The number of likely N-dealkylation sites (tertiary alicyclic amines) is 1. The summed E-state index contributed by atoms with van der Waals surface area (Å²) in [5, 5.41) is 0. The van der Waals surface area contributed by atoms with Gasteiger partial charge in [0.2, 0.25) is 0 Å². The van der Waals surface area contributed by atoms with Gasteiger partial charge in [-0.3, -0.25) is 4.90 Å². The number of rotatable bonds is 4. The van der Waals surface area contributed by atoms with Crippen molar-refractivity contribution in [2.45, 2.75) is 43.7 Å². The van der Waals surface area contributed by atoms with E-state index in [1.807, 2.05) is 0 Å². The van der Waals surface area contributed by atoms with Crippen LogP contribution in [0, 0.1) is 5.92 Å². The van der Waals surface area contributed by atoms with Crippen LogP contribution in [0.25, 0.3) is 0 Å². The average Bonchev–Trinajstić information content (AvgIpc) is 2.90. The Labute approximate surface area is 91.9 Å². The number of hydrogen-bond acceptors (Lipinski definition) is 3. The lowest BCUT2D eigenvalue weighted by atomic mass is 9.85. The van der Waals surface area contributed by atoms with E-state index in [0.717, 1.165) is 25.6 Å². The molecule has 2 aliphatic heterocycles. The van der Waals surface area contributed by atoms with E-state index >= 15 is 0 Å². The van der Waals surface area contributed by atoms with Gasteiger partial charge in [0.05, 0.1) is 6.10 Å². The van der Waals surface area contributed by atoms with E-state index in [2.05, 4.69) is 4.90 Å². The van der Waals surface area contributed by atoms with Crippen LogP contribution in [-0.2, 0) is 4.74 Å². The predicted molar refractivity (Wildman–Crippen MR) is 59.7 cm³/mol. The van der Waals surface area contributed by atoms with Crippen molar-refractivity contribution < 1.29 is 4.74 Å². The highest BCUT2D eigenvalue weighted by Gasteiger charge is 2.49. The molecule has 0 radical (unpaired) electrons. The average molecular weight is 210 g/mol. The van der Waals surface area contributed by atoms with E-state index in [9.17, 15) is 0 Å². The summed E-state index contributed by atoms with van der Waals surface area (Å²) >= 11 is 0. The van der Waals surface area contributed by atoms with Crippen LogP contribution in [0.3, 0.4) is 0 Å². The van der Waals surface area contributed by atoms with Gasteiger partial charge in [-0.1, -0.05) is 0 Å². The second-order valence-corrected chi connectivity index (χ2v) is 5.64. The molecule has 3 heteroatoms. The Morgan fingerprint density at radius 3 is 2.67 bits per heavy atom. The standard InChI is InChI=1S/C12H22N2O/c13-12(10-3-4-10)8-14(9-12)6-5-11-2-1-7-15-11/h10-11H,1-9,13H2. The third kappa shape index (κ3) is 2.05. The molecule has 0 aromatic carbocycles. The smallest absolute Gasteiger partial charge is 0.0588 e. The molecule has 0 spiro atoms. The number of nitrogens with two attached hydrogens (primary N) is 1. The maximum absolute atomic E-state index is 6.31. The Hall–Kier alpha value is -0.120. The Balaban J connectivity index is 1.36. The summed E-state index contributed by atoms with van der Waals surface area (Å²) in [6, 6.07) is 0. The predicted octanol–water partition coefficient (Wildman–Crippen LogP) is 0.979. The lowest BCUT2D eigenvalue weighted by molar-refractivity contribution is 0.0318. The summed E-state index contributed by atoms with van der Waals surface area (Å²) < 4.78 is 5.63. The first-order valence-electron chi connectivity index (χ1n) is 6.39. The Morgan fingerprint density at radius 2 is 2.07 bits per heavy atom. The molecule has 2 N–H and O–H groups in total. The van der Waals surface area contributed by atoms with Gasteiger partial charge in [-0.25, -0.2) is 0 Å². The number of ether oxygens (including phenoxy) is 1. The first-order valence-corrected chi connectivity index (χ1v) is 6.39. The van der Waals surface area contributed by atoms with E-state index in [1.165, 1.54) is 38.6 Å². The van der Waals surface area contributed by atoms with Crippen molar-refractivity contribution in [3.05, 3.63) is 0 Å². The van der Waals surface area contributed by atoms with Crippen molar-refractivity contribution in [1.82, 2.24) is 4.90 Å². The SMILES string of the molecule is NC1(C2CC2)CN(CCC2CCCO2)C1. The molecule has 3 rings (SSSR count). The topological polar surface area (TPSA) is 38.5 Å². The van der Waals surface area contributed by atoms with Crippen LogP contribution < -0.4 is 5.73 Å². The molecule has 1 aliphatic carbocycles. The third-order valence-corrected chi connectivity index (χ3v) is 4.22. The van der Waals surface area contributed by atoms with E-state index in [-0.39, 0.29) is 5.54 Å². The lowest BCUT2D eigenvalue weighted by Crippen LogP contribution is -2.68. The largest absolute Gasteiger partial charge is 0.378 e. The van der Waals surface area contributed by atoms with Crippen LogP contribution in [0.2, 0.25) is 0 Å². The monoisotopic (exact) mass is 210 g/mol. The molecule has 0 aromatic rings. The molecule has 0 amide bonds. The first kappa shape index (κ1) is 10.1. The molecule has 15 heavy (non-hydrogen) atoms. The van der Waals surface area contributed by atoms with Crippen LogP contribution in [0.5, 0.6) is 0 Å². The summed E-state index contributed by atoms with van der Waals surface area (Å²) in [4.78, 5) is 2.50.